The maximum absolute atomic E-state index is 5.08. The molecule has 3 heterocycles. The van der Waals surface area contributed by atoms with E-state index in [1.807, 2.05) is 11.8 Å². The van der Waals surface area contributed by atoms with Crippen LogP contribution in [0, 0.1) is 0 Å². The van der Waals surface area contributed by atoms with Gasteiger partial charge in [0.1, 0.15) is 0 Å². The highest BCUT2D eigenvalue weighted by Gasteiger charge is 2.28. The lowest BCUT2D eigenvalue weighted by atomic mass is 10.0. The summed E-state index contributed by atoms with van der Waals surface area (Å²) in [6.07, 6.45) is 8.72. The predicted octanol–water partition coefficient (Wildman–Crippen LogP) is 12.6. The summed E-state index contributed by atoms with van der Waals surface area (Å²) in [6.45, 7) is 0. The maximum Gasteiger partial charge on any atom is 0.0992 e. The van der Waals surface area contributed by atoms with Gasteiger partial charge in [0, 0.05) is 38.5 Å². The van der Waals surface area contributed by atoms with Crippen molar-refractivity contribution in [2.24, 2.45) is 4.99 Å². The second-order valence-electron chi connectivity index (χ2n) is 13.9. The van der Waals surface area contributed by atoms with Crippen LogP contribution in [0.4, 0.5) is 0 Å². The van der Waals surface area contributed by atoms with Gasteiger partial charge in [0.05, 0.1) is 38.4 Å². The van der Waals surface area contributed by atoms with Gasteiger partial charge in [-0.2, -0.15) is 0 Å². The first kappa shape index (κ1) is 30.3. The molecule has 0 saturated heterocycles. The van der Waals surface area contributed by atoms with Gasteiger partial charge in [-0.05, 0) is 82.9 Å². The third-order valence-electron chi connectivity index (χ3n) is 10.8. The second kappa shape index (κ2) is 12.1. The molecule has 4 heteroatoms. The second-order valence-corrected chi connectivity index (χ2v) is 15.1. The molecular weight excluding hydrogens is 663 g/mol. The summed E-state index contributed by atoms with van der Waals surface area (Å²) >= 11 is 1.86. The molecule has 53 heavy (non-hydrogen) atoms. The van der Waals surface area contributed by atoms with Crippen LogP contribution in [-0.2, 0) is 0 Å². The Balaban J connectivity index is 1.03. The minimum absolute atomic E-state index is 0.219. The highest BCUT2D eigenvalue weighted by Crippen LogP contribution is 2.40. The monoisotopic (exact) mass is 695 g/mol. The number of hydrogen-bond donors (Lipinski definition) is 0. The van der Waals surface area contributed by atoms with Crippen molar-refractivity contribution >= 4 is 60.4 Å². The number of benzene rings is 7. The van der Waals surface area contributed by atoms with Gasteiger partial charge < -0.3 is 9.13 Å². The molecular formula is C49H33N3S. The zero-order valence-corrected chi connectivity index (χ0v) is 29.6. The topological polar surface area (TPSA) is 22.2 Å². The van der Waals surface area contributed by atoms with Gasteiger partial charge in [-0.15, -0.1) is 0 Å². The molecule has 0 amide bonds. The van der Waals surface area contributed by atoms with Crippen LogP contribution >= 0.6 is 11.8 Å². The van der Waals surface area contributed by atoms with E-state index in [4.69, 9.17) is 4.99 Å². The van der Waals surface area contributed by atoms with Crippen molar-refractivity contribution in [1.29, 1.82) is 0 Å². The van der Waals surface area contributed by atoms with E-state index in [1.165, 1.54) is 71.4 Å². The molecule has 9 aromatic rings. The fourth-order valence-electron chi connectivity index (χ4n) is 8.33. The molecule has 0 saturated carbocycles. The van der Waals surface area contributed by atoms with E-state index in [1.54, 1.807) is 0 Å². The third kappa shape index (κ3) is 4.94. The van der Waals surface area contributed by atoms with Gasteiger partial charge in [0.25, 0.3) is 0 Å². The first-order valence-corrected chi connectivity index (χ1v) is 19.1. The highest BCUT2D eigenvalue weighted by molar-refractivity contribution is 8.15. The fourth-order valence-corrected chi connectivity index (χ4v) is 9.50. The number of aliphatic imine (C=N–C) groups is 1. The first-order valence-electron chi connectivity index (χ1n) is 18.2. The summed E-state index contributed by atoms with van der Waals surface area (Å²) in [5.41, 5.74) is 13.1. The lowest BCUT2D eigenvalue weighted by molar-refractivity contribution is 0.862. The Morgan fingerprint density at radius 2 is 0.906 bits per heavy atom. The highest BCUT2D eigenvalue weighted by atomic mass is 32.2. The summed E-state index contributed by atoms with van der Waals surface area (Å²) in [6, 6.07) is 60.1. The molecule has 0 radical (unpaired) electrons. The van der Waals surface area contributed by atoms with Crippen LogP contribution in [0.1, 0.15) is 5.56 Å². The van der Waals surface area contributed by atoms with Crippen molar-refractivity contribution in [2.45, 2.75) is 11.3 Å². The lowest BCUT2D eigenvalue weighted by Gasteiger charge is -2.12. The Kier molecular flexibility index (Phi) is 6.92. The number of hydrogen-bond acceptors (Lipinski definition) is 2. The SMILES string of the molecule is C1=CC2N=C(c3cccc(-n4c5ccccc5c5cc(-c6ccc7c(c6)c6ccccc6n7-c6cccc(-c7ccccc7)c6)ccc54)c3)SC2C=C1. The van der Waals surface area contributed by atoms with Crippen molar-refractivity contribution in [3.05, 3.63) is 194 Å². The van der Waals surface area contributed by atoms with E-state index in [0.717, 1.165) is 16.4 Å². The Morgan fingerprint density at radius 3 is 1.55 bits per heavy atom. The smallest absolute Gasteiger partial charge is 0.0992 e. The number of rotatable bonds is 5. The molecule has 0 bridgehead atoms. The lowest BCUT2D eigenvalue weighted by Crippen LogP contribution is -2.13. The number of thioether (sulfide) groups is 1. The molecule has 11 rings (SSSR count). The quantitative estimate of drug-likeness (QED) is 0.176. The Bertz CT molecular complexity index is 3000. The minimum Gasteiger partial charge on any atom is -0.309 e. The van der Waals surface area contributed by atoms with Crippen LogP contribution < -0.4 is 0 Å². The molecule has 7 aromatic carbocycles. The van der Waals surface area contributed by atoms with E-state index in [-0.39, 0.29) is 6.04 Å². The van der Waals surface area contributed by atoms with Crippen LogP contribution in [0.5, 0.6) is 0 Å². The van der Waals surface area contributed by atoms with Crippen molar-refractivity contribution in [1.82, 2.24) is 9.13 Å². The van der Waals surface area contributed by atoms with Gasteiger partial charge in [-0.3, -0.25) is 4.99 Å². The van der Waals surface area contributed by atoms with E-state index >= 15 is 0 Å². The molecule has 0 fully saturated rings. The summed E-state index contributed by atoms with van der Waals surface area (Å²) in [5, 5.41) is 6.50. The van der Waals surface area contributed by atoms with Crippen molar-refractivity contribution in [3.63, 3.8) is 0 Å². The minimum atomic E-state index is 0.219. The van der Waals surface area contributed by atoms with Crippen molar-refractivity contribution < 1.29 is 0 Å². The first-order chi connectivity index (χ1) is 26.3. The van der Waals surface area contributed by atoms with E-state index in [0.29, 0.717) is 5.25 Å². The van der Waals surface area contributed by atoms with Crippen LogP contribution in [0.3, 0.4) is 0 Å². The normalized spacial score (nSPS) is 16.6. The summed E-state index contributed by atoms with van der Waals surface area (Å²) in [4.78, 5) is 5.08. The molecule has 2 unspecified atom stereocenters. The van der Waals surface area contributed by atoms with Crippen LogP contribution in [0.25, 0.3) is 77.2 Å². The Labute approximate surface area is 311 Å². The van der Waals surface area contributed by atoms with Crippen LogP contribution in [0.2, 0.25) is 0 Å². The zero-order valence-electron chi connectivity index (χ0n) is 28.8. The molecule has 2 aliphatic rings. The Hall–Kier alpha value is -6.36. The largest absolute Gasteiger partial charge is 0.309 e. The predicted molar refractivity (Wildman–Crippen MR) is 226 cm³/mol. The molecule has 0 spiro atoms. The number of para-hydroxylation sites is 2. The van der Waals surface area contributed by atoms with Crippen molar-refractivity contribution in [2.75, 3.05) is 0 Å². The van der Waals surface area contributed by atoms with Gasteiger partial charge in [-0.25, -0.2) is 0 Å². The fraction of sp³-hybridized carbons (Fsp3) is 0.0408. The van der Waals surface area contributed by atoms with E-state index < -0.39 is 0 Å². The van der Waals surface area contributed by atoms with Gasteiger partial charge in [-0.1, -0.05) is 139 Å². The molecule has 3 nitrogen and oxygen atoms in total. The molecule has 1 aliphatic heterocycles. The average Bonchev–Trinajstić information content (AvgIpc) is 3.91. The number of allylic oxidation sites excluding steroid dienone is 2. The number of nitrogens with zero attached hydrogens (tertiary/aromatic N) is 3. The maximum atomic E-state index is 5.08. The van der Waals surface area contributed by atoms with Gasteiger partial charge >= 0.3 is 0 Å². The van der Waals surface area contributed by atoms with Gasteiger partial charge in [0.2, 0.25) is 0 Å². The van der Waals surface area contributed by atoms with Crippen LogP contribution in [-0.4, -0.2) is 25.5 Å². The summed E-state index contributed by atoms with van der Waals surface area (Å²) in [5.74, 6) is 0. The third-order valence-corrected chi connectivity index (χ3v) is 12.1. The summed E-state index contributed by atoms with van der Waals surface area (Å²) in [7, 11) is 0. The molecule has 2 atom stereocenters. The van der Waals surface area contributed by atoms with E-state index in [9.17, 15) is 0 Å². The molecule has 0 N–H and O–H groups in total. The van der Waals surface area contributed by atoms with Crippen molar-refractivity contribution in [3.8, 4) is 33.6 Å². The zero-order chi connectivity index (χ0) is 34.9. The van der Waals surface area contributed by atoms with E-state index in [2.05, 4.69) is 197 Å². The van der Waals surface area contributed by atoms with Crippen LogP contribution in [0.15, 0.2) is 193 Å². The Morgan fingerprint density at radius 1 is 0.396 bits per heavy atom. The molecule has 2 aromatic heterocycles. The summed E-state index contributed by atoms with van der Waals surface area (Å²) < 4.78 is 4.81. The number of fused-ring (bicyclic) bond motifs is 7. The standard InChI is InChI=1S/C49H33N3S/c1-2-12-32(13-3-1)33-14-10-16-37(28-33)51-44-21-7-4-18-39(44)41-30-34(24-26-46(41)51)35-25-27-47-42(31-35)40-19-5-8-22-45(40)52(47)38-17-11-15-36(29-38)49-50-43-20-6-9-23-48(43)53-49/h1-31,43,48H. The average molecular weight is 696 g/mol. The number of aromatic nitrogens is 2. The molecule has 1 aliphatic carbocycles. The molecule has 250 valence electrons. The van der Waals surface area contributed by atoms with Gasteiger partial charge in [0.15, 0.2) is 0 Å².